The fourth-order valence-electron chi connectivity index (χ4n) is 3.55. The zero-order chi connectivity index (χ0) is 13.8. The third-order valence-electron chi connectivity index (χ3n) is 4.77. The number of nitrogens with zero attached hydrogens (tertiary/aromatic N) is 2. The Kier molecular flexibility index (Phi) is 4.78. The van der Waals surface area contributed by atoms with Crippen molar-refractivity contribution in [3.8, 4) is 0 Å². The molecule has 1 atom stereocenters. The SMILES string of the molecule is O=C(N1CCCC1)N1CCC(N[C@H]2CCCOC2)CC1. The number of piperidine rings is 1. The number of likely N-dealkylation sites (tertiary alicyclic amines) is 2. The zero-order valence-electron chi connectivity index (χ0n) is 12.4. The molecule has 1 N–H and O–H groups in total. The lowest BCUT2D eigenvalue weighted by Gasteiger charge is -2.37. The predicted molar refractivity (Wildman–Crippen MR) is 77.8 cm³/mol. The second-order valence-electron chi connectivity index (χ2n) is 6.32. The van der Waals surface area contributed by atoms with Gasteiger partial charge in [0.25, 0.3) is 0 Å². The van der Waals surface area contributed by atoms with Gasteiger partial charge in [-0.25, -0.2) is 4.79 Å². The average molecular weight is 281 g/mol. The Balaban J connectivity index is 1.40. The van der Waals surface area contributed by atoms with Crippen LogP contribution in [0.15, 0.2) is 0 Å². The summed E-state index contributed by atoms with van der Waals surface area (Å²) < 4.78 is 5.52. The molecule has 0 saturated carbocycles. The van der Waals surface area contributed by atoms with Gasteiger partial charge in [-0.3, -0.25) is 0 Å². The molecule has 3 rings (SSSR count). The van der Waals surface area contributed by atoms with Crippen molar-refractivity contribution in [2.24, 2.45) is 0 Å². The highest BCUT2D eigenvalue weighted by molar-refractivity contribution is 5.74. The summed E-state index contributed by atoms with van der Waals surface area (Å²) in [5.74, 6) is 0. The van der Waals surface area contributed by atoms with Gasteiger partial charge < -0.3 is 19.9 Å². The van der Waals surface area contributed by atoms with Crippen LogP contribution in [0, 0.1) is 0 Å². The summed E-state index contributed by atoms with van der Waals surface area (Å²) in [6.07, 6.45) is 6.90. The van der Waals surface area contributed by atoms with Gasteiger partial charge in [0.05, 0.1) is 6.61 Å². The molecule has 3 saturated heterocycles. The minimum atomic E-state index is 0.266. The number of hydrogen-bond donors (Lipinski definition) is 1. The first-order valence-corrected chi connectivity index (χ1v) is 8.20. The summed E-state index contributed by atoms with van der Waals surface area (Å²) in [6, 6.07) is 1.35. The number of carbonyl (C=O) groups is 1. The summed E-state index contributed by atoms with van der Waals surface area (Å²) in [6.45, 7) is 5.49. The summed E-state index contributed by atoms with van der Waals surface area (Å²) in [5.41, 5.74) is 0. The molecule has 0 radical (unpaired) electrons. The summed E-state index contributed by atoms with van der Waals surface area (Å²) in [5, 5.41) is 3.71. The van der Waals surface area contributed by atoms with Gasteiger partial charge in [0.1, 0.15) is 0 Å². The van der Waals surface area contributed by atoms with Gasteiger partial charge in [-0.15, -0.1) is 0 Å². The van der Waals surface area contributed by atoms with Crippen LogP contribution in [0.5, 0.6) is 0 Å². The Morgan fingerprint density at radius 3 is 2.25 bits per heavy atom. The van der Waals surface area contributed by atoms with E-state index < -0.39 is 0 Å². The smallest absolute Gasteiger partial charge is 0.319 e. The number of rotatable bonds is 2. The zero-order valence-corrected chi connectivity index (χ0v) is 12.4. The van der Waals surface area contributed by atoms with Crippen molar-refractivity contribution in [3.63, 3.8) is 0 Å². The van der Waals surface area contributed by atoms with Crippen LogP contribution >= 0.6 is 0 Å². The largest absolute Gasteiger partial charge is 0.380 e. The van der Waals surface area contributed by atoms with E-state index in [0.29, 0.717) is 12.1 Å². The van der Waals surface area contributed by atoms with Crippen molar-refractivity contribution in [1.82, 2.24) is 15.1 Å². The minimum Gasteiger partial charge on any atom is -0.380 e. The first kappa shape index (κ1) is 14.1. The Hall–Kier alpha value is -0.810. The maximum absolute atomic E-state index is 12.3. The van der Waals surface area contributed by atoms with Crippen LogP contribution in [0.4, 0.5) is 4.79 Å². The molecule has 3 heterocycles. The normalized spacial score (nSPS) is 28.9. The maximum Gasteiger partial charge on any atom is 0.319 e. The molecule has 0 spiro atoms. The highest BCUT2D eigenvalue weighted by Gasteiger charge is 2.28. The Morgan fingerprint density at radius 1 is 0.900 bits per heavy atom. The molecule has 20 heavy (non-hydrogen) atoms. The van der Waals surface area contributed by atoms with Gasteiger partial charge in [-0.1, -0.05) is 0 Å². The van der Waals surface area contributed by atoms with Crippen molar-refractivity contribution in [2.75, 3.05) is 39.4 Å². The van der Waals surface area contributed by atoms with E-state index in [0.717, 1.165) is 52.2 Å². The van der Waals surface area contributed by atoms with Gasteiger partial charge in [-0.2, -0.15) is 0 Å². The van der Waals surface area contributed by atoms with Crippen LogP contribution in [0.3, 0.4) is 0 Å². The van der Waals surface area contributed by atoms with Crippen LogP contribution in [0.25, 0.3) is 0 Å². The Labute approximate surface area is 121 Å². The lowest BCUT2D eigenvalue weighted by atomic mass is 10.0. The number of hydrogen-bond acceptors (Lipinski definition) is 3. The molecule has 0 aromatic heterocycles. The third-order valence-corrected chi connectivity index (χ3v) is 4.77. The number of amides is 2. The van der Waals surface area contributed by atoms with E-state index in [-0.39, 0.29) is 6.03 Å². The van der Waals surface area contributed by atoms with E-state index >= 15 is 0 Å². The average Bonchev–Trinajstić information content (AvgIpc) is 3.03. The highest BCUT2D eigenvalue weighted by Crippen LogP contribution is 2.17. The first-order valence-electron chi connectivity index (χ1n) is 8.20. The van der Waals surface area contributed by atoms with Gasteiger partial charge in [-0.05, 0) is 38.5 Å². The van der Waals surface area contributed by atoms with Crippen molar-refractivity contribution >= 4 is 6.03 Å². The number of urea groups is 1. The van der Waals surface area contributed by atoms with Crippen LogP contribution in [-0.4, -0.2) is 67.3 Å². The molecule has 3 aliphatic heterocycles. The number of carbonyl (C=O) groups excluding carboxylic acids is 1. The van der Waals surface area contributed by atoms with Crippen molar-refractivity contribution < 1.29 is 9.53 Å². The summed E-state index contributed by atoms with van der Waals surface area (Å²) in [4.78, 5) is 16.4. The quantitative estimate of drug-likeness (QED) is 0.833. The predicted octanol–water partition coefficient (Wildman–Crippen LogP) is 1.44. The maximum atomic E-state index is 12.3. The van der Waals surface area contributed by atoms with Gasteiger partial charge in [0.15, 0.2) is 0 Å². The molecule has 0 aromatic carbocycles. The van der Waals surface area contributed by atoms with Crippen LogP contribution in [-0.2, 0) is 4.74 Å². The van der Waals surface area contributed by atoms with E-state index in [1.807, 2.05) is 9.80 Å². The molecule has 5 heteroatoms. The monoisotopic (exact) mass is 281 g/mol. The summed E-state index contributed by atoms with van der Waals surface area (Å²) in [7, 11) is 0. The topological polar surface area (TPSA) is 44.8 Å². The molecule has 114 valence electrons. The lowest BCUT2D eigenvalue weighted by Crippen LogP contribution is -2.51. The fraction of sp³-hybridized carbons (Fsp3) is 0.933. The van der Waals surface area contributed by atoms with E-state index in [2.05, 4.69) is 5.32 Å². The molecule has 0 unspecified atom stereocenters. The highest BCUT2D eigenvalue weighted by atomic mass is 16.5. The molecule has 5 nitrogen and oxygen atoms in total. The molecule has 3 aliphatic rings. The Morgan fingerprint density at radius 2 is 1.60 bits per heavy atom. The second kappa shape index (κ2) is 6.76. The molecular formula is C15H27N3O2. The molecule has 0 bridgehead atoms. The molecule has 0 aliphatic carbocycles. The summed E-state index contributed by atoms with van der Waals surface area (Å²) >= 11 is 0. The van der Waals surface area contributed by atoms with Gasteiger partial charge >= 0.3 is 6.03 Å². The standard InChI is InChI=1S/C15H27N3O2/c19-15(17-7-1-2-8-17)18-9-5-13(6-10-18)16-14-4-3-11-20-12-14/h13-14,16H,1-12H2/t14-/m0/s1. The van der Waals surface area contributed by atoms with Gasteiger partial charge in [0.2, 0.25) is 0 Å². The first-order chi connectivity index (χ1) is 9.83. The molecule has 0 aromatic rings. The molecule has 3 fully saturated rings. The fourth-order valence-corrected chi connectivity index (χ4v) is 3.55. The number of ether oxygens (including phenoxy) is 1. The lowest BCUT2D eigenvalue weighted by molar-refractivity contribution is 0.0617. The van der Waals surface area contributed by atoms with Crippen molar-refractivity contribution in [2.45, 2.75) is 50.6 Å². The van der Waals surface area contributed by atoms with Crippen molar-refractivity contribution in [1.29, 1.82) is 0 Å². The second-order valence-corrected chi connectivity index (χ2v) is 6.32. The van der Waals surface area contributed by atoms with Crippen LogP contribution < -0.4 is 5.32 Å². The molecule has 2 amide bonds. The third kappa shape index (κ3) is 3.44. The van der Waals surface area contributed by atoms with Crippen LogP contribution in [0.1, 0.15) is 38.5 Å². The van der Waals surface area contributed by atoms with E-state index in [4.69, 9.17) is 4.74 Å². The van der Waals surface area contributed by atoms with Crippen molar-refractivity contribution in [3.05, 3.63) is 0 Å². The minimum absolute atomic E-state index is 0.266. The van der Waals surface area contributed by atoms with E-state index in [9.17, 15) is 4.79 Å². The van der Waals surface area contributed by atoms with Crippen LogP contribution in [0.2, 0.25) is 0 Å². The van der Waals surface area contributed by atoms with E-state index in [1.54, 1.807) is 0 Å². The van der Waals surface area contributed by atoms with Gasteiger partial charge in [0, 0.05) is 44.9 Å². The molecular weight excluding hydrogens is 254 g/mol. The number of nitrogens with one attached hydrogen (secondary N) is 1. The Bertz CT molecular complexity index is 317. The van der Waals surface area contributed by atoms with E-state index in [1.165, 1.54) is 25.7 Å².